The summed E-state index contributed by atoms with van der Waals surface area (Å²) in [6.07, 6.45) is 1.67. The summed E-state index contributed by atoms with van der Waals surface area (Å²) in [5, 5.41) is 5.96. The summed E-state index contributed by atoms with van der Waals surface area (Å²) < 4.78 is 11.0. The van der Waals surface area contributed by atoms with E-state index in [1.807, 2.05) is 42.5 Å². The average Bonchev–Trinajstić information content (AvgIpc) is 2.68. The second kappa shape index (κ2) is 8.53. The third-order valence-electron chi connectivity index (χ3n) is 4.40. The fourth-order valence-electron chi connectivity index (χ4n) is 2.99. The minimum atomic E-state index is -0.144. The normalized spacial score (nSPS) is 19.9. The van der Waals surface area contributed by atoms with E-state index < -0.39 is 0 Å². The first-order chi connectivity index (χ1) is 12.2. The van der Waals surface area contributed by atoms with E-state index in [1.54, 1.807) is 7.11 Å². The molecule has 5 nitrogen and oxygen atoms in total. The van der Waals surface area contributed by atoms with Crippen LogP contribution in [-0.4, -0.2) is 25.8 Å². The molecule has 3 rings (SSSR count). The number of methoxy groups -OCH3 is 1. The van der Waals surface area contributed by atoms with Gasteiger partial charge in [-0.3, -0.25) is 0 Å². The monoisotopic (exact) mass is 340 g/mol. The van der Waals surface area contributed by atoms with E-state index in [2.05, 4.69) is 22.8 Å². The van der Waals surface area contributed by atoms with Gasteiger partial charge in [0.25, 0.3) is 0 Å². The molecule has 2 N–H and O–H groups in total. The number of carbonyl (C=O) groups excluding carboxylic acids is 1. The highest BCUT2D eigenvalue weighted by Gasteiger charge is 2.24. The van der Waals surface area contributed by atoms with Crippen molar-refractivity contribution >= 4 is 6.03 Å². The molecular formula is C20H24N2O3. The number of carbonyl (C=O) groups is 1. The van der Waals surface area contributed by atoms with Crippen LogP contribution in [0.5, 0.6) is 5.75 Å². The lowest BCUT2D eigenvalue weighted by Gasteiger charge is -2.30. The molecule has 2 aromatic carbocycles. The molecule has 1 saturated heterocycles. The minimum Gasteiger partial charge on any atom is -0.497 e. The molecule has 0 saturated carbocycles. The van der Waals surface area contributed by atoms with Crippen LogP contribution in [0.1, 0.15) is 30.1 Å². The van der Waals surface area contributed by atoms with Gasteiger partial charge in [-0.25, -0.2) is 4.79 Å². The van der Waals surface area contributed by atoms with Gasteiger partial charge >= 0.3 is 6.03 Å². The van der Waals surface area contributed by atoms with Crippen molar-refractivity contribution in [2.45, 2.75) is 31.5 Å². The topological polar surface area (TPSA) is 59.6 Å². The lowest BCUT2D eigenvalue weighted by molar-refractivity contribution is 0.00225. The first-order valence-corrected chi connectivity index (χ1v) is 8.58. The van der Waals surface area contributed by atoms with Crippen LogP contribution in [-0.2, 0) is 11.3 Å². The SMILES string of the molecule is COc1ccc(CNC(=O)N[C@H]2CCO[C@@H](c3ccccc3)C2)cc1. The maximum Gasteiger partial charge on any atom is 0.315 e. The summed E-state index contributed by atoms with van der Waals surface area (Å²) in [6, 6.07) is 17.8. The van der Waals surface area contributed by atoms with Crippen molar-refractivity contribution in [3.05, 3.63) is 65.7 Å². The van der Waals surface area contributed by atoms with E-state index in [4.69, 9.17) is 9.47 Å². The molecular weight excluding hydrogens is 316 g/mol. The number of amides is 2. The van der Waals surface area contributed by atoms with E-state index in [9.17, 15) is 4.79 Å². The van der Waals surface area contributed by atoms with E-state index >= 15 is 0 Å². The summed E-state index contributed by atoms with van der Waals surface area (Å²) in [5.74, 6) is 0.808. The number of hydrogen-bond donors (Lipinski definition) is 2. The Morgan fingerprint density at radius 1 is 1.16 bits per heavy atom. The lowest BCUT2D eigenvalue weighted by atomic mass is 9.97. The number of benzene rings is 2. The van der Waals surface area contributed by atoms with Crippen molar-refractivity contribution in [3.8, 4) is 5.75 Å². The van der Waals surface area contributed by atoms with Gasteiger partial charge in [0, 0.05) is 19.2 Å². The Labute approximate surface area is 148 Å². The van der Waals surface area contributed by atoms with Crippen LogP contribution < -0.4 is 15.4 Å². The molecule has 132 valence electrons. The predicted octanol–water partition coefficient (Wildman–Crippen LogP) is 3.41. The Morgan fingerprint density at radius 2 is 1.92 bits per heavy atom. The van der Waals surface area contributed by atoms with Crippen molar-refractivity contribution in [1.29, 1.82) is 0 Å². The van der Waals surface area contributed by atoms with Gasteiger partial charge in [-0.1, -0.05) is 42.5 Å². The molecule has 0 aromatic heterocycles. The summed E-state index contributed by atoms with van der Waals surface area (Å²) in [6.45, 7) is 1.14. The Hall–Kier alpha value is -2.53. The van der Waals surface area contributed by atoms with Crippen molar-refractivity contribution in [2.24, 2.45) is 0 Å². The molecule has 1 aliphatic heterocycles. The fourth-order valence-corrected chi connectivity index (χ4v) is 2.99. The van der Waals surface area contributed by atoms with Crippen LogP contribution in [0.4, 0.5) is 4.79 Å². The summed E-state index contributed by atoms with van der Waals surface area (Å²) in [5.41, 5.74) is 2.19. The number of urea groups is 1. The molecule has 0 unspecified atom stereocenters. The van der Waals surface area contributed by atoms with Crippen LogP contribution in [0.3, 0.4) is 0 Å². The maximum atomic E-state index is 12.2. The molecule has 1 aliphatic rings. The zero-order valence-corrected chi connectivity index (χ0v) is 14.4. The first-order valence-electron chi connectivity index (χ1n) is 8.58. The summed E-state index contributed by atoms with van der Waals surface area (Å²) in [7, 11) is 1.64. The van der Waals surface area contributed by atoms with Crippen LogP contribution in [0.2, 0.25) is 0 Å². The molecule has 5 heteroatoms. The number of rotatable bonds is 5. The minimum absolute atomic E-state index is 0.0434. The van der Waals surface area contributed by atoms with Gasteiger partial charge in [-0.2, -0.15) is 0 Å². The third-order valence-corrected chi connectivity index (χ3v) is 4.40. The Bertz CT molecular complexity index is 673. The average molecular weight is 340 g/mol. The highest BCUT2D eigenvalue weighted by molar-refractivity contribution is 5.74. The number of nitrogens with one attached hydrogen (secondary N) is 2. The van der Waals surface area contributed by atoms with Crippen molar-refractivity contribution in [2.75, 3.05) is 13.7 Å². The molecule has 0 aliphatic carbocycles. The quantitative estimate of drug-likeness (QED) is 0.877. The molecule has 1 fully saturated rings. The van der Waals surface area contributed by atoms with E-state index in [1.165, 1.54) is 0 Å². The zero-order chi connectivity index (χ0) is 17.5. The maximum absolute atomic E-state index is 12.2. The smallest absolute Gasteiger partial charge is 0.315 e. The molecule has 1 heterocycles. The first kappa shape index (κ1) is 17.3. The molecule has 2 aromatic rings. The van der Waals surface area contributed by atoms with Gasteiger partial charge in [-0.05, 0) is 36.1 Å². The second-order valence-corrected chi connectivity index (χ2v) is 6.17. The molecule has 25 heavy (non-hydrogen) atoms. The van der Waals surface area contributed by atoms with E-state index in [0.717, 1.165) is 29.7 Å². The van der Waals surface area contributed by atoms with Crippen molar-refractivity contribution in [3.63, 3.8) is 0 Å². The van der Waals surface area contributed by atoms with E-state index in [-0.39, 0.29) is 18.2 Å². The highest BCUT2D eigenvalue weighted by Crippen LogP contribution is 2.27. The van der Waals surface area contributed by atoms with Crippen molar-refractivity contribution in [1.82, 2.24) is 10.6 Å². The van der Waals surface area contributed by atoms with Crippen LogP contribution in [0.15, 0.2) is 54.6 Å². The molecule has 0 spiro atoms. The largest absolute Gasteiger partial charge is 0.497 e. The summed E-state index contributed by atoms with van der Waals surface area (Å²) in [4.78, 5) is 12.2. The lowest BCUT2D eigenvalue weighted by Crippen LogP contribution is -2.44. The molecule has 0 bridgehead atoms. The Balaban J connectivity index is 1.47. The zero-order valence-electron chi connectivity index (χ0n) is 14.4. The van der Waals surface area contributed by atoms with Gasteiger partial charge in [0.1, 0.15) is 5.75 Å². The van der Waals surface area contributed by atoms with E-state index in [0.29, 0.717) is 13.2 Å². The fraction of sp³-hybridized carbons (Fsp3) is 0.350. The second-order valence-electron chi connectivity index (χ2n) is 6.17. The molecule has 2 atom stereocenters. The predicted molar refractivity (Wildman–Crippen MR) is 96.5 cm³/mol. The van der Waals surface area contributed by atoms with Gasteiger partial charge in [0.15, 0.2) is 0 Å². The number of ether oxygens (including phenoxy) is 2. The Morgan fingerprint density at radius 3 is 2.64 bits per heavy atom. The van der Waals surface area contributed by atoms with Crippen LogP contribution in [0, 0.1) is 0 Å². The van der Waals surface area contributed by atoms with Crippen molar-refractivity contribution < 1.29 is 14.3 Å². The Kier molecular flexibility index (Phi) is 5.90. The third kappa shape index (κ3) is 4.97. The standard InChI is InChI=1S/C20H24N2O3/c1-24-18-9-7-15(8-10-18)14-21-20(23)22-17-11-12-25-19(13-17)16-5-3-2-4-6-16/h2-10,17,19H,11-14H2,1H3,(H2,21,22,23)/t17-,19+/m0/s1. The molecule has 0 radical (unpaired) electrons. The highest BCUT2D eigenvalue weighted by atomic mass is 16.5. The van der Waals surface area contributed by atoms with Crippen LogP contribution >= 0.6 is 0 Å². The number of hydrogen-bond acceptors (Lipinski definition) is 3. The summed E-state index contributed by atoms with van der Waals surface area (Å²) >= 11 is 0. The van der Waals surface area contributed by atoms with Gasteiger partial charge in [0.2, 0.25) is 0 Å². The van der Waals surface area contributed by atoms with Gasteiger partial charge in [-0.15, -0.1) is 0 Å². The van der Waals surface area contributed by atoms with Gasteiger partial charge < -0.3 is 20.1 Å². The van der Waals surface area contributed by atoms with Crippen LogP contribution in [0.25, 0.3) is 0 Å². The van der Waals surface area contributed by atoms with Gasteiger partial charge in [0.05, 0.1) is 13.2 Å². The molecule has 2 amide bonds.